The second-order valence-electron chi connectivity index (χ2n) is 6.59. The highest BCUT2D eigenvalue weighted by molar-refractivity contribution is 14.0. The van der Waals surface area contributed by atoms with Gasteiger partial charge in [0.15, 0.2) is 5.96 Å². The first-order chi connectivity index (χ1) is 12.5. The first kappa shape index (κ1) is 23.8. The highest BCUT2D eigenvalue weighted by Crippen LogP contribution is 2.18. The molecule has 0 aliphatic heterocycles. The Morgan fingerprint density at radius 1 is 1.22 bits per heavy atom. The van der Waals surface area contributed by atoms with Crippen LogP contribution in [0.3, 0.4) is 0 Å². The van der Waals surface area contributed by atoms with Crippen molar-refractivity contribution in [1.82, 2.24) is 20.5 Å². The number of rotatable bonds is 8. The Morgan fingerprint density at radius 2 is 1.93 bits per heavy atom. The summed E-state index contributed by atoms with van der Waals surface area (Å²) in [6.07, 6.45) is 3.95. The van der Waals surface area contributed by atoms with E-state index in [1.807, 2.05) is 13.2 Å². The van der Waals surface area contributed by atoms with Crippen LogP contribution in [0.4, 0.5) is 0 Å². The molecule has 1 unspecified atom stereocenters. The summed E-state index contributed by atoms with van der Waals surface area (Å²) in [4.78, 5) is 12.4. The molecule has 0 amide bonds. The van der Waals surface area contributed by atoms with Crippen LogP contribution in [0.5, 0.6) is 0 Å². The molecule has 150 valence electrons. The normalized spacial score (nSPS) is 12.6. The minimum absolute atomic E-state index is 0. The van der Waals surface area contributed by atoms with Crippen molar-refractivity contribution in [3.8, 4) is 0 Å². The number of halogens is 1. The quantitative estimate of drug-likeness (QED) is 0.330. The molecule has 27 heavy (non-hydrogen) atoms. The number of aromatic nitrogens is 1. The van der Waals surface area contributed by atoms with Gasteiger partial charge in [0.2, 0.25) is 0 Å². The van der Waals surface area contributed by atoms with Crippen molar-refractivity contribution in [3.05, 3.63) is 51.5 Å². The first-order valence-corrected chi connectivity index (χ1v) is 9.96. The number of benzene rings is 1. The van der Waals surface area contributed by atoms with Gasteiger partial charge >= 0.3 is 0 Å². The predicted octanol–water partition coefficient (Wildman–Crippen LogP) is 3.64. The number of guanidine groups is 1. The zero-order valence-corrected chi connectivity index (χ0v) is 20.1. The molecule has 1 heterocycles. The molecule has 0 aliphatic rings. The molecule has 0 bridgehead atoms. The van der Waals surface area contributed by atoms with Gasteiger partial charge in [-0.1, -0.05) is 36.8 Å². The summed E-state index contributed by atoms with van der Waals surface area (Å²) in [7, 11) is 6.02. The van der Waals surface area contributed by atoms with E-state index in [4.69, 9.17) is 0 Å². The number of aryl methyl sites for hydroxylation is 2. The molecule has 2 rings (SSSR count). The van der Waals surface area contributed by atoms with E-state index in [-0.39, 0.29) is 24.0 Å². The number of aliphatic imine (C=N–C) groups is 1. The summed E-state index contributed by atoms with van der Waals surface area (Å²) < 4.78 is 0. The minimum atomic E-state index is 0. The maximum absolute atomic E-state index is 4.47. The molecule has 0 aliphatic carbocycles. The van der Waals surface area contributed by atoms with Gasteiger partial charge in [-0.05, 0) is 33.0 Å². The van der Waals surface area contributed by atoms with Crippen molar-refractivity contribution < 1.29 is 0 Å². The number of likely N-dealkylation sites (N-methyl/N-ethyl adjacent to an activating group) is 1. The molecule has 2 aromatic rings. The Balaban J connectivity index is 0.00000364. The summed E-state index contributed by atoms with van der Waals surface area (Å²) in [5.41, 5.74) is 2.59. The van der Waals surface area contributed by atoms with Crippen molar-refractivity contribution >= 4 is 41.3 Å². The van der Waals surface area contributed by atoms with Crippen LogP contribution in [-0.4, -0.2) is 50.1 Å². The SMILES string of the molecule is CCc1cnc(CCNC(=NC)NCC(c2ccc(C)cc2)N(C)C)s1.I. The number of hydrogen-bond donors (Lipinski definition) is 2. The predicted molar refractivity (Wildman–Crippen MR) is 128 cm³/mol. The van der Waals surface area contributed by atoms with Gasteiger partial charge in [0.25, 0.3) is 0 Å². The van der Waals surface area contributed by atoms with Crippen LogP contribution in [0.1, 0.15) is 34.0 Å². The van der Waals surface area contributed by atoms with Crippen LogP contribution in [0, 0.1) is 6.92 Å². The Labute approximate surface area is 184 Å². The highest BCUT2D eigenvalue weighted by Gasteiger charge is 2.14. The number of nitrogens with one attached hydrogen (secondary N) is 2. The lowest BCUT2D eigenvalue weighted by Crippen LogP contribution is -2.42. The van der Waals surface area contributed by atoms with E-state index in [0.717, 1.165) is 31.9 Å². The molecule has 0 spiro atoms. The standard InChI is InChI=1S/C20H31N5S.HI/c1-6-17-13-23-19(26-17)11-12-22-20(21-3)24-14-18(25(4)5)16-9-7-15(2)8-10-16;/h7-10,13,18H,6,11-12,14H2,1-5H3,(H2,21,22,24);1H. The molecule has 0 saturated heterocycles. The maximum atomic E-state index is 4.47. The zero-order valence-electron chi connectivity index (χ0n) is 17.0. The summed E-state index contributed by atoms with van der Waals surface area (Å²) in [6, 6.07) is 9.02. The van der Waals surface area contributed by atoms with Crippen LogP contribution in [0.2, 0.25) is 0 Å². The fourth-order valence-electron chi connectivity index (χ4n) is 2.72. The molecule has 0 radical (unpaired) electrons. The fraction of sp³-hybridized carbons (Fsp3) is 0.500. The third-order valence-electron chi connectivity index (χ3n) is 4.35. The summed E-state index contributed by atoms with van der Waals surface area (Å²) >= 11 is 1.79. The van der Waals surface area contributed by atoms with Gasteiger partial charge in [-0.15, -0.1) is 35.3 Å². The summed E-state index contributed by atoms with van der Waals surface area (Å²) in [5.74, 6) is 0.830. The average molecular weight is 501 g/mol. The highest BCUT2D eigenvalue weighted by atomic mass is 127. The molecular weight excluding hydrogens is 469 g/mol. The Hall–Kier alpha value is -1.19. The third-order valence-corrected chi connectivity index (χ3v) is 5.55. The minimum Gasteiger partial charge on any atom is -0.356 e. The topological polar surface area (TPSA) is 52.6 Å². The van der Waals surface area contributed by atoms with Crippen molar-refractivity contribution in [2.75, 3.05) is 34.2 Å². The summed E-state index contributed by atoms with van der Waals surface area (Å²) in [5, 5.41) is 8.01. The van der Waals surface area contributed by atoms with Crippen LogP contribution >= 0.6 is 35.3 Å². The molecule has 1 aromatic heterocycles. The van der Waals surface area contributed by atoms with E-state index >= 15 is 0 Å². The maximum Gasteiger partial charge on any atom is 0.191 e. The molecule has 1 atom stereocenters. The molecule has 1 aromatic carbocycles. The van der Waals surface area contributed by atoms with Gasteiger partial charge < -0.3 is 15.5 Å². The number of nitrogens with zero attached hydrogens (tertiary/aromatic N) is 3. The van der Waals surface area contributed by atoms with Gasteiger partial charge in [-0.3, -0.25) is 4.99 Å². The van der Waals surface area contributed by atoms with E-state index in [1.165, 1.54) is 21.0 Å². The molecule has 2 N–H and O–H groups in total. The smallest absolute Gasteiger partial charge is 0.191 e. The van der Waals surface area contributed by atoms with Gasteiger partial charge in [-0.25, -0.2) is 4.98 Å². The third kappa shape index (κ3) is 7.75. The van der Waals surface area contributed by atoms with Gasteiger partial charge in [-0.2, -0.15) is 0 Å². The Bertz CT molecular complexity index is 697. The largest absolute Gasteiger partial charge is 0.356 e. The molecule has 0 fully saturated rings. The van der Waals surface area contributed by atoms with Crippen molar-refractivity contribution in [3.63, 3.8) is 0 Å². The van der Waals surface area contributed by atoms with Crippen LogP contribution in [0.25, 0.3) is 0 Å². The Kier molecular flexibility index (Phi) is 10.9. The van der Waals surface area contributed by atoms with E-state index < -0.39 is 0 Å². The van der Waals surface area contributed by atoms with Crippen molar-refractivity contribution in [2.45, 2.75) is 32.7 Å². The van der Waals surface area contributed by atoms with E-state index in [1.54, 1.807) is 11.3 Å². The summed E-state index contributed by atoms with van der Waals surface area (Å²) in [6.45, 7) is 5.90. The zero-order chi connectivity index (χ0) is 18.9. The van der Waals surface area contributed by atoms with Crippen LogP contribution < -0.4 is 10.6 Å². The van der Waals surface area contributed by atoms with Crippen LogP contribution in [-0.2, 0) is 12.8 Å². The van der Waals surface area contributed by atoms with Crippen molar-refractivity contribution in [2.24, 2.45) is 4.99 Å². The number of hydrogen-bond acceptors (Lipinski definition) is 4. The van der Waals surface area contributed by atoms with E-state index in [0.29, 0.717) is 6.04 Å². The number of thiazole rings is 1. The average Bonchev–Trinajstić information content (AvgIpc) is 3.09. The molecular formula is C20H32IN5S. The lowest BCUT2D eigenvalue weighted by atomic mass is 10.0. The van der Waals surface area contributed by atoms with Gasteiger partial charge in [0, 0.05) is 37.6 Å². The van der Waals surface area contributed by atoms with E-state index in [9.17, 15) is 0 Å². The lowest BCUT2D eigenvalue weighted by Gasteiger charge is -2.26. The van der Waals surface area contributed by atoms with E-state index in [2.05, 4.69) is 77.7 Å². The van der Waals surface area contributed by atoms with Crippen LogP contribution in [0.15, 0.2) is 35.5 Å². The second kappa shape index (κ2) is 12.3. The monoisotopic (exact) mass is 501 g/mol. The first-order valence-electron chi connectivity index (χ1n) is 9.14. The molecule has 0 saturated carbocycles. The molecule has 7 heteroatoms. The fourth-order valence-corrected chi connectivity index (χ4v) is 3.58. The van der Waals surface area contributed by atoms with Crippen molar-refractivity contribution in [1.29, 1.82) is 0 Å². The molecule has 5 nitrogen and oxygen atoms in total. The second-order valence-corrected chi connectivity index (χ2v) is 7.79. The Morgan fingerprint density at radius 3 is 2.48 bits per heavy atom. The van der Waals surface area contributed by atoms with Gasteiger partial charge in [0.05, 0.1) is 11.0 Å². The van der Waals surface area contributed by atoms with Gasteiger partial charge in [0.1, 0.15) is 0 Å². The lowest BCUT2D eigenvalue weighted by molar-refractivity contribution is 0.298.